The van der Waals surface area contributed by atoms with Crippen LogP contribution in [-0.4, -0.2) is 37.6 Å². The molecule has 4 heterocycles. The van der Waals surface area contributed by atoms with Gasteiger partial charge in [0.2, 0.25) is 5.89 Å². The van der Waals surface area contributed by atoms with E-state index in [2.05, 4.69) is 47.1 Å². The quantitative estimate of drug-likeness (QED) is 0.728. The minimum Gasteiger partial charge on any atom is -0.377 e. The number of nitrogens with zero attached hydrogens (tertiary/aromatic N) is 5. The molecule has 1 fully saturated rings. The Morgan fingerprint density at radius 2 is 2.12 bits per heavy atom. The van der Waals surface area contributed by atoms with Crippen LogP contribution in [0.3, 0.4) is 0 Å². The Labute approximate surface area is 146 Å². The molecular weight excluding hydrogens is 318 g/mol. The van der Waals surface area contributed by atoms with Gasteiger partial charge in [-0.1, -0.05) is 25.9 Å². The van der Waals surface area contributed by atoms with Crippen LogP contribution in [0.25, 0.3) is 11.0 Å². The van der Waals surface area contributed by atoms with Gasteiger partial charge in [-0.3, -0.25) is 0 Å². The van der Waals surface area contributed by atoms with E-state index in [1.807, 2.05) is 19.3 Å². The standard InChI is InChI=1S/C18H23N5O2/c1-11-7-12-9-20-23(17(12)19-8-11)10-14-21-16(22-25-14)13-5-6-24-15(13)18(2,3)4/h7-9,13,15H,5-6,10H2,1-4H3/t13-,15-/m1/s1. The second-order valence-electron chi connectivity index (χ2n) is 7.83. The van der Waals surface area contributed by atoms with Crippen LogP contribution in [0.1, 0.15) is 50.4 Å². The molecule has 0 bridgehead atoms. The first-order chi connectivity index (χ1) is 11.9. The minimum atomic E-state index is 0.0436. The minimum absolute atomic E-state index is 0.0436. The van der Waals surface area contributed by atoms with Gasteiger partial charge in [0.1, 0.15) is 6.54 Å². The number of pyridine rings is 1. The zero-order chi connectivity index (χ0) is 17.6. The van der Waals surface area contributed by atoms with Crippen molar-refractivity contribution < 1.29 is 9.26 Å². The molecule has 1 aliphatic rings. The lowest BCUT2D eigenvalue weighted by molar-refractivity contribution is 0.0193. The third-order valence-corrected chi connectivity index (χ3v) is 4.66. The number of ether oxygens (including phenoxy) is 1. The number of hydrogen-bond donors (Lipinski definition) is 0. The summed E-state index contributed by atoms with van der Waals surface area (Å²) in [7, 11) is 0. The molecule has 132 valence electrons. The molecule has 25 heavy (non-hydrogen) atoms. The zero-order valence-corrected chi connectivity index (χ0v) is 15.1. The Hall–Kier alpha value is -2.28. The highest BCUT2D eigenvalue weighted by Gasteiger charge is 2.40. The molecule has 4 rings (SSSR count). The lowest BCUT2D eigenvalue weighted by Gasteiger charge is -2.29. The fourth-order valence-electron chi connectivity index (χ4n) is 3.52. The Balaban J connectivity index is 1.57. The van der Waals surface area contributed by atoms with Crippen LogP contribution < -0.4 is 0 Å². The van der Waals surface area contributed by atoms with E-state index in [4.69, 9.17) is 9.26 Å². The Kier molecular flexibility index (Phi) is 3.83. The fourth-order valence-corrected chi connectivity index (χ4v) is 3.52. The van der Waals surface area contributed by atoms with Gasteiger partial charge in [-0.2, -0.15) is 10.1 Å². The van der Waals surface area contributed by atoms with Gasteiger partial charge in [-0.15, -0.1) is 0 Å². The molecule has 0 saturated carbocycles. The molecule has 1 saturated heterocycles. The number of fused-ring (bicyclic) bond motifs is 1. The highest BCUT2D eigenvalue weighted by atomic mass is 16.5. The maximum absolute atomic E-state index is 5.92. The summed E-state index contributed by atoms with van der Waals surface area (Å²) < 4.78 is 13.2. The van der Waals surface area contributed by atoms with E-state index in [1.165, 1.54) is 0 Å². The Bertz CT molecular complexity index is 892. The average molecular weight is 341 g/mol. The number of aromatic nitrogens is 5. The van der Waals surface area contributed by atoms with Crippen molar-refractivity contribution in [1.29, 1.82) is 0 Å². The molecule has 2 atom stereocenters. The zero-order valence-electron chi connectivity index (χ0n) is 15.1. The molecule has 0 spiro atoms. The first-order valence-corrected chi connectivity index (χ1v) is 8.64. The second-order valence-corrected chi connectivity index (χ2v) is 7.83. The first-order valence-electron chi connectivity index (χ1n) is 8.64. The van der Waals surface area contributed by atoms with Crippen molar-refractivity contribution in [2.24, 2.45) is 5.41 Å². The SMILES string of the molecule is Cc1cnc2c(cnn2Cc2nc([C@@H]3CCO[C@H]3C(C)(C)C)no2)c1. The number of rotatable bonds is 3. The molecule has 0 amide bonds. The maximum atomic E-state index is 5.92. The van der Waals surface area contributed by atoms with Crippen molar-refractivity contribution >= 4 is 11.0 Å². The third kappa shape index (κ3) is 3.04. The van der Waals surface area contributed by atoms with Crippen molar-refractivity contribution in [3.63, 3.8) is 0 Å². The van der Waals surface area contributed by atoms with E-state index in [9.17, 15) is 0 Å². The fraction of sp³-hybridized carbons (Fsp3) is 0.556. The van der Waals surface area contributed by atoms with E-state index in [0.29, 0.717) is 12.4 Å². The lowest BCUT2D eigenvalue weighted by atomic mass is 9.81. The molecule has 7 heteroatoms. The van der Waals surface area contributed by atoms with Crippen molar-refractivity contribution in [2.75, 3.05) is 6.61 Å². The normalized spacial score (nSPS) is 21.3. The largest absolute Gasteiger partial charge is 0.377 e. The Morgan fingerprint density at radius 1 is 1.28 bits per heavy atom. The van der Waals surface area contributed by atoms with Gasteiger partial charge in [-0.05, 0) is 30.4 Å². The van der Waals surface area contributed by atoms with Crippen molar-refractivity contribution in [3.05, 3.63) is 35.7 Å². The summed E-state index contributed by atoms with van der Waals surface area (Å²) in [6, 6.07) is 2.06. The van der Waals surface area contributed by atoms with Crippen LogP contribution in [-0.2, 0) is 11.3 Å². The Morgan fingerprint density at radius 3 is 2.92 bits per heavy atom. The molecule has 1 aliphatic heterocycles. The lowest BCUT2D eigenvalue weighted by Crippen LogP contribution is -2.30. The van der Waals surface area contributed by atoms with Crippen LogP contribution in [0.4, 0.5) is 0 Å². The summed E-state index contributed by atoms with van der Waals surface area (Å²) in [4.78, 5) is 9.06. The first kappa shape index (κ1) is 16.2. The molecule has 0 aliphatic carbocycles. The van der Waals surface area contributed by atoms with Crippen LogP contribution in [0, 0.1) is 12.3 Å². The monoisotopic (exact) mass is 341 g/mol. The second kappa shape index (κ2) is 5.91. The van der Waals surface area contributed by atoms with Crippen LogP contribution in [0.5, 0.6) is 0 Å². The molecule has 0 radical (unpaired) electrons. The predicted octanol–water partition coefficient (Wildman–Crippen LogP) is 3.09. The molecule has 0 N–H and O–H groups in total. The summed E-state index contributed by atoms with van der Waals surface area (Å²) in [5, 5.41) is 9.61. The molecular formula is C18H23N5O2. The van der Waals surface area contributed by atoms with Gasteiger partial charge in [0, 0.05) is 18.2 Å². The summed E-state index contributed by atoms with van der Waals surface area (Å²) >= 11 is 0. The van der Waals surface area contributed by atoms with E-state index >= 15 is 0 Å². The topological polar surface area (TPSA) is 78.9 Å². The molecule has 7 nitrogen and oxygen atoms in total. The van der Waals surface area contributed by atoms with E-state index in [-0.39, 0.29) is 17.4 Å². The number of aryl methyl sites for hydroxylation is 1. The van der Waals surface area contributed by atoms with Gasteiger partial charge < -0.3 is 9.26 Å². The molecule has 3 aromatic heterocycles. The highest BCUT2D eigenvalue weighted by molar-refractivity contribution is 5.74. The van der Waals surface area contributed by atoms with Gasteiger partial charge >= 0.3 is 0 Å². The summed E-state index contributed by atoms with van der Waals surface area (Å²) in [6.45, 7) is 9.72. The van der Waals surface area contributed by atoms with Gasteiger partial charge in [0.15, 0.2) is 11.5 Å². The summed E-state index contributed by atoms with van der Waals surface area (Å²) in [6.07, 6.45) is 4.68. The van der Waals surface area contributed by atoms with E-state index in [1.54, 1.807) is 4.68 Å². The maximum Gasteiger partial charge on any atom is 0.248 e. The molecule has 3 aromatic rings. The van der Waals surface area contributed by atoms with Crippen LogP contribution >= 0.6 is 0 Å². The molecule has 0 aromatic carbocycles. The summed E-state index contributed by atoms with van der Waals surface area (Å²) in [5.41, 5.74) is 1.98. The summed E-state index contributed by atoms with van der Waals surface area (Å²) in [5.74, 6) is 1.45. The average Bonchev–Trinajstić information content (AvgIpc) is 3.25. The predicted molar refractivity (Wildman–Crippen MR) is 92.2 cm³/mol. The van der Waals surface area contributed by atoms with Crippen molar-refractivity contribution in [3.8, 4) is 0 Å². The molecule has 0 unspecified atom stereocenters. The highest BCUT2D eigenvalue weighted by Crippen LogP contribution is 2.39. The smallest absolute Gasteiger partial charge is 0.248 e. The van der Waals surface area contributed by atoms with Crippen LogP contribution in [0.2, 0.25) is 0 Å². The van der Waals surface area contributed by atoms with Crippen molar-refractivity contribution in [1.82, 2.24) is 24.9 Å². The van der Waals surface area contributed by atoms with Gasteiger partial charge in [0.05, 0.1) is 18.2 Å². The van der Waals surface area contributed by atoms with Gasteiger partial charge in [0.25, 0.3) is 0 Å². The van der Waals surface area contributed by atoms with Crippen molar-refractivity contribution in [2.45, 2.75) is 52.7 Å². The van der Waals surface area contributed by atoms with E-state index in [0.717, 1.165) is 35.4 Å². The third-order valence-electron chi connectivity index (χ3n) is 4.66. The van der Waals surface area contributed by atoms with Crippen LogP contribution in [0.15, 0.2) is 23.0 Å². The van der Waals surface area contributed by atoms with E-state index < -0.39 is 0 Å². The van der Waals surface area contributed by atoms with Gasteiger partial charge in [-0.25, -0.2) is 9.67 Å². The number of hydrogen-bond acceptors (Lipinski definition) is 6.